The molecular weight excluding hydrogens is 438 g/mol. The molecule has 1 fully saturated rings. The number of rotatable bonds is 5. The van der Waals surface area contributed by atoms with Crippen LogP contribution in [-0.4, -0.2) is 67.3 Å². The third-order valence-electron chi connectivity index (χ3n) is 7.37. The summed E-state index contributed by atoms with van der Waals surface area (Å²) in [6.07, 6.45) is 2.95. The number of sulfonamides is 1. The van der Waals surface area contributed by atoms with Crippen molar-refractivity contribution >= 4 is 20.9 Å². The fraction of sp³-hybridized carbons (Fsp3) is 0.440. The SMILES string of the molecule is COc1ccc2c3c([nH]c2c1)[C@H](CO)N(S(C)(=O)=O)CC31CCN(Cc2ccccc2)CC1. The number of methoxy groups -OCH3 is 1. The van der Waals surface area contributed by atoms with Gasteiger partial charge in [0.15, 0.2) is 0 Å². The molecule has 0 saturated carbocycles. The minimum absolute atomic E-state index is 0.264. The van der Waals surface area contributed by atoms with E-state index in [2.05, 4.69) is 40.2 Å². The summed E-state index contributed by atoms with van der Waals surface area (Å²) in [5, 5.41) is 11.3. The van der Waals surface area contributed by atoms with Crippen molar-refractivity contribution < 1.29 is 18.3 Å². The summed E-state index contributed by atoms with van der Waals surface area (Å²) in [6, 6.07) is 15.8. The highest BCUT2D eigenvalue weighted by Crippen LogP contribution is 2.49. The molecule has 0 radical (unpaired) electrons. The summed E-state index contributed by atoms with van der Waals surface area (Å²) < 4.78 is 32.5. The van der Waals surface area contributed by atoms with Crippen molar-refractivity contribution in [2.75, 3.05) is 39.6 Å². The maximum atomic E-state index is 12.8. The fourth-order valence-corrected chi connectivity index (χ4v) is 6.81. The van der Waals surface area contributed by atoms with Crippen LogP contribution in [0.15, 0.2) is 48.5 Å². The van der Waals surface area contributed by atoms with Crippen molar-refractivity contribution in [2.24, 2.45) is 0 Å². The number of hydrogen-bond acceptors (Lipinski definition) is 5. The first-order chi connectivity index (χ1) is 15.8. The summed E-state index contributed by atoms with van der Waals surface area (Å²) in [5.41, 5.74) is 3.88. The molecular formula is C25H31N3O4S. The zero-order chi connectivity index (χ0) is 23.2. The summed E-state index contributed by atoms with van der Waals surface area (Å²) >= 11 is 0. The van der Waals surface area contributed by atoms with Crippen LogP contribution in [0, 0.1) is 0 Å². The number of ether oxygens (including phenoxy) is 1. The number of aliphatic hydroxyl groups is 1. The Morgan fingerprint density at radius 3 is 2.52 bits per heavy atom. The molecule has 1 saturated heterocycles. The number of fused-ring (bicyclic) bond motifs is 4. The van der Waals surface area contributed by atoms with Crippen molar-refractivity contribution in [3.8, 4) is 5.75 Å². The lowest BCUT2D eigenvalue weighted by atomic mass is 9.69. The highest BCUT2D eigenvalue weighted by molar-refractivity contribution is 7.88. The second-order valence-corrected chi connectivity index (χ2v) is 11.3. The molecule has 1 aromatic heterocycles. The number of aromatic nitrogens is 1. The van der Waals surface area contributed by atoms with Crippen LogP contribution in [0.1, 0.15) is 35.7 Å². The third kappa shape index (κ3) is 3.95. The van der Waals surface area contributed by atoms with Gasteiger partial charge in [-0.3, -0.25) is 4.90 Å². The van der Waals surface area contributed by atoms with Crippen LogP contribution in [0.4, 0.5) is 0 Å². The van der Waals surface area contributed by atoms with Crippen LogP contribution in [-0.2, 0) is 22.0 Å². The van der Waals surface area contributed by atoms with E-state index in [1.807, 2.05) is 18.2 Å². The second kappa shape index (κ2) is 8.43. The molecule has 0 aliphatic carbocycles. The highest BCUT2D eigenvalue weighted by atomic mass is 32.2. The van der Waals surface area contributed by atoms with Crippen LogP contribution in [0.25, 0.3) is 10.9 Å². The van der Waals surface area contributed by atoms with Crippen LogP contribution in [0.3, 0.4) is 0 Å². The summed E-state index contributed by atoms with van der Waals surface area (Å²) in [4.78, 5) is 5.90. The number of H-pyrrole nitrogens is 1. The molecule has 5 rings (SSSR count). The standard InChI is InChI=1S/C25H31N3O4S/c1-32-19-8-9-20-21(14-19)26-24-22(16-29)28(33(2,30)31)17-25(23(20)24)10-12-27(13-11-25)15-18-6-4-3-5-7-18/h3-9,14,22,26,29H,10-13,15-17H2,1-2H3/t22-/m0/s1. The Morgan fingerprint density at radius 2 is 1.88 bits per heavy atom. The predicted molar refractivity (Wildman–Crippen MR) is 129 cm³/mol. The average molecular weight is 470 g/mol. The molecule has 7 nitrogen and oxygen atoms in total. The van der Waals surface area contributed by atoms with Gasteiger partial charge in [-0.15, -0.1) is 0 Å². The lowest BCUT2D eigenvalue weighted by Gasteiger charge is -2.49. The lowest BCUT2D eigenvalue weighted by molar-refractivity contribution is 0.0936. The summed E-state index contributed by atoms with van der Waals surface area (Å²) in [7, 11) is -1.87. The number of nitrogens with zero attached hydrogens (tertiary/aromatic N) is 2. The van der Waals surface area contributed by atoms with Gasteiger partial charge < -0.3 is 14.8 Å². The maximum Gasteiger partial charge on any atom is 0.211 e. The predicted octanol–water partition coefficient (Wildman–Crippen LogP) is 3.02. The normalized spacial score (nSPS) is 21.4. The number of benzene rings is 2. The van der Waals surface area contributed by atoms with E-state index in [-0.39, 0.29) is 12.0 Å². The van der Waals surface area contributed by atoms with Gasteiger partial charge in [0.2, 0.25) is 10.0 Å². The average Bonchev–Trinajstić information content (AvgIpc) is 3.20. The molecule has 8 heteroatoms. The Labute approximate surface area is 195 Å². The quantitative estimate of drug-likeness (QED) is 0.600. The van der Waals surface area contributed by atoms with E-state index in [0.29, 0.717) is 6.54 Å². The minimum Gasteiger partial charge on any atom is -0.497 e. The van der Waals surface area contributed by atoms with E-state index < -0.39 is 16.1 Å². The first-order valence-corrected chi connectivity index (χ1v) is 13.2. The van der Waals surface area contributed by atoms with Crippen LogP contribution in [0.2, 0.25) is 0 Å². The van der Waals surface area contributed by atoms with Gasteiger partial charge >= 0.3 is 0 Å². The minimum atomic E-state index is -3.50. The van der Waals surface area contributed by atoms with Crippen molar-refractivity contribution in [2.45, 2.75) is 30.8 Å². The Morgan fingerprint density at radius 1 is 1.15 bits per heavy atom. The number of aliphatic hydroxyl groups excluding tert-OH is 1. The summed E-state index contributed by atoms with van der Waals surface area (Å²) in [6.45, 7) is 2.80. The topological polar surface area (TPSA) is 85.9 Å². The molecule has 0 bridgehead atoms. The monoisotopic (exact) mass is 469 g/mol. The molecule has 3 heterocycles. The van der Waals surface area contributed by atoms with E-state index in [9.17, 15) is 13.5 Å². The van der Waals surface area contributed by atoms with Gasteiger partial charge in [-0.1, -0.05) is 30.3 Å². The molecule has 2 aliphatic heterocycles. The number of aromatic amines is 1. The fourth-order valence-electron chi connectivity index (χ4n) is 5.70. The summed E-state index contributed by atoms with van der Waals surface area (Å²) in [5.74, 6) is 0.744. The zero-order valence-electron chi connectivity index (χ0n) is 19.1. The van der Waals surface area contributed by atoms with Crippen molar-refractivity contribution in [3.63, 3.8) is 0 Å². The van der Waals surface area contributed by atoms with E-state index in [0.717, 1.165) is 54.8 Å². The molecule has 2 aliphatic rings. The van der Waals surface area contributed by atoms with Crippen molar-refractivity contribution in [1.82, 2.24) is 14.2 Å². The third-order valence-corrected chi connectivity index (χ3v) is 8.60. The Kier molecular flexibility index (Phi) is 5.73. The number of likely N-dealkylation sites (tertiary alicyclic amines) is 1. The first-order valence-electron chi connectivity index (χ1n) is 11.4. The Hall–Kier alpha value is -2.39. The molecule has 3 aromatic rings. The van der Waals surface area contributed by atoms with E-state index in [1.54, 1.807) is 7.11 Å². The van der Waals surface area contributed by atoms with Crippen LogP contribution >= 0.6 is 0 Å². The van der Waals surface area contributed by atoms with Gasteiger partial charge in [0, 0.05) is 41.2 Å². The lowest BCUT2D eigenvalue weighted by Crippen LogP contribution is -2.54. The van der Waals surface area contributed by atoms with Crippen molar-refractivity contribution in [1.29, 1.82) is 0 Å². The number of nitrogens with one attached hydrogen (secondary N) is 1. The van der Waals surface area contributed by atoms with Gasteiger partial charge in [0.25, 0.3) is 0 Å². The Balaban J connectivity index is 1.56. The second-order valence-electron chi connectivity index (χ2n) is 9.37. The molecule has 1 atom stereocenters. The first kappa shape index (κ1) is 22.4. The van der Waals surface area contributed by atoms with Gasteiger partial charge in [-0.05, 0) is 49.2 Å². The van der Waals surface area contributed by atoms with E-state index >= 15 is 0 Å². The number of hydrogen-bond donors (Lipinski definition) is 2. The van der Waals surface area contributed by atoms with Gasteiger partial charge in [-0.25, -0.2) is 8.42 Å². The molecule has 2 aromatic carbocycles. The molecule has 176 valence electrons. The molecule has 0 amide bonds. The zero-order valence-corrected chi connectivity index (χ0v) is 19.9. The molecule has 1 spiro atoms. The maximum absolute atomic E-state index is 12.8. The van der Waals surface area contributed by atoms with Crippen LogP contribution in [0.5, 0.6) is 5.75 Å². The molecule has 2 N–H and O–H groups in total. The van der Waals surface area contributed by atoms with Gasteiger partial charge in [-0.2, -0.15) is 4.31 Å². The van der Waals surface area contributed by atoms with Crippen LogP contribution < -0.4 is 4.74 Å². The molecule has 33 heavy (non-hydrogen) atoms. The van der Waals surface area contributed by atoms with Gasteiger partial charge in [0.1, 0.15) is 5.75 Å². The largest absolute Gasteiger partial charge is 0.497 e. The highest BCUT2D eigenvalue weighted by Gasteiger charge is 2.49. The number of piperidine rings is 1. The van der Waals surface area contributed by atoms with Crippen molar-refractivity contribution in [3.05, 3.63) is 65.4 Å². The smallest absolute Gasteiger partial charge is 0.211 e. The van der Waals surface area contributed by atoms with E-state index in [4.69, 9.17) is 4.74 Å². The molecule has 0 unspecified atom stereocenters. The Bertz CT molecular complexity index is 1250. The van der Waals surface area contributed by atoms with E-state index in [1.165, 1.54) is 21.7 Å². The van der Waals surface area contributed by atoms with Gasteiger partial charge in [0.05, 0.1) is 26.0 Å².